The Morgan fingerprint density at radius 1 is 1.17 bits per heavy atom. The third kappa shape index (κ3) is 4.85. The average molecular weight is 409 g/mol. The number of hydrogen-bond acceptors (Lipinski definition) is 3. The SMILES string of the molecule is COc1cccc(CCNC(=S)Nc2ccc(Br)c(C)c2)c1OC. The maximum atomic E-state index is 5.44. The van der Waals surface area contributed by atoms with Crippen LogP contribution >= 0.6 is 28.1 Å². The van der Waals surface area contributed by atoms with Gasteiger partial charge in [-0.1, -0.05) is 28.1 Å². The molecule has 0 heterocycles. The molecule has 0 fully saturated rings. The molecule has 0 unspecified atom stereocenters. The Hall–Kier alpha value is -1.79. The minimum atomic E-state index is 0.596. The molecule has 2 rings (SSSR count). The van der Waals surface area contributed by atoms with E-state index in [1.54, 1.807) is 14.2 Å². The number of nitrogens with one attached hydrogen (secondary N) is 2. The summed E-state index contributed by atoms with van der Waals surface area (Å²) < 4.78 is 11.8. The molecular weight excluding hydrogens is 388 g/mol. The third-order valence-corrected chi connectivity index (χ3v) is 4.72. The number of methoxy groups -OCH3 is 2. The molecule has 2 N–H and O–H groups in total. The number of ether oxygens (including phenoxy) is 2. The van der Waals surface area contributed by atoms with Crippen molar-refractivity contribution >= 4 is 38.9 Å². The molecule has 0 saturated carbocycles. The quantitative estimate of drug-likeness (QED) is 0.697. The Bertz CT molecular complexity index is 722. The summed E-state index contributed by atoms with van der Waals surface area (Å²) in [6.07, 6.45) is 0.779. The Labute approximate surface area is 156 Å². The summed E-state index contributed by atoms with van der Waals surface area (Å²) in [7, 11) is 3.29. The van der Waals surface area contributed by atoms with E-state index < -0.39 is 0 Å². The van der Waals surface area contributed by atoms with Crippen molar-refractivity contribution in [1.29, 1.82) is 0 Å². The maximum absolute atomic E-state index is 5.44. The summed E-state index contributed by atoms with van der Waals surface area (Å²) in [4.78, 5) is 0. The molecule has 0 aliphatic carbocycles. The minimum Gasteiger partial charge on any atom is -0.493 e. The first-order chi connectivity index (χ1) is 11.5. The second-order valence-electron chi connectivity index (χ2n) is 5.25. The van der Waals surface area contributed by atoms with Crippen LogP contribution in [-0.2, 0) is 6.42 Å². The van der Waals surface area contributed by atoms with E-state index in [9.17, 15) is 0 Å². The Morgan fingerprint density at radius 2 is 1.96 bits per heavy atom. The molecule has 0 aromatic heterocycles. The zero-order chi connectivity index (χ0) is 17.5. The summed E-state index contributed by atoms with van der Waals surface area (Å²) in [5.74, 6) is 1.50. The van der Waals surface area contributed by atoms with Crippen molar-refractivity contribution in [3.63, 3.8) is 0 Å². The number of rotatable bonds is 6. The van der Waals surface area contributed by atoms with E-state index in [0.717, 1.165) is 39.2 Å². The molecule has 0 aliphatic heterocycles. The fraction of sp³-hybridized carbons (Fsp3) is 0.278. The first-order valence-electron chi connectivity index (χ1n) is 7.56. The zero-order valence-electron chi connectivity index (χ0n) is 14.0. The van der Waals surface area contributed by atoms with Gasteiger partial charge in [0.2, 0.25) is 0 Å². The van der Waals surface area contributed by atoms with Crippen LogP contribution in [0.4, 0.5) is 5.69 Å². The molecule has 2 aromatic carbocycles. The van der Waals surface area contributed by atoms with Crippen molar-refractivity contribution in [1.82, 2.24) is 5.32 Å². The van der Waals surface area contributed by atoms with Crippen LogP contribution < -0.4 is 20.1 Å². The van der Waals surface area contributed by atoms with Crippen molar-refractivity contribution in [2.24, 2.45) is 0 Å². The molecule has 0 amide bonds. The summed E-state index contributed by atoms with van der Waals surface area (Å²) in [5, 5.41) is 7.00. The number of anilines is 1. The fourth-order valence-electron chi connectivity index (χ4n) is 2.36. The van der Waals surface area contributed by atoms with Crippen molar-refractivity contribution in [3.8, 4) is 11.5 Å². The summed E-state index contributed by atoms with van der Waals surface area (Å²) in [6.45, 7) is 2.74. The highest BCUT2D eigenvalue weighted by atomic mass is 79.9. The molecule has 0 spiro atoms. The van der Waals surface area contributed by atoms with Gasteiger partial charge in [0.1, 0.15) is 0 Å². The molecular formula is C18H21BrN2O2S. The Kier molecular flexibility index (Phi) is 6.87. The van der Waals surface area contributed by atoms with Gasteiger partial charge in [-0.3, -0.25) is 0 Å². The van der Waals surface area contributed by atoms with Crippen LogP contribution in [0.2, 0.25) is 0 Å². The van der Waals surface area contributed by atoms with Gasteiger partial charge in [-0.05, 0) is 61.0 Å². The minimum absolute atomic E-state index is 0.596. The van der Waals surface area contributed by atoms with E-state index in [1.807, 2.05) is 43.3 Å². The lowest BCUT2D eigenvalue weighted by Gasteiger charge is -2.14. The largest absolute Gasteiger partial charge is 0.493 e. The molecule has 0 atom stereocenters. The van der Waals surface area contributed by atoms with Gasteiger partial charge in [-0.2, -0.15) is 0 Å². The fourth-order valence-corrected chi connectivity index (χ4v) is 2.83. The van der Waals surface area contributed by atoms with Crippen molar-refractivity contribution in [2.45, 2.75) is 13.3 Å². The van der Waals surface area contributed by atoms with Gasteiger partial charge in [0.15, 0.2) is 16.6 Å². The summed E-state index contributed by atoms with van der Waals surface area (Å²) >= 11 is 8.84. The Balaban J connectivity index is 1.90. The van der Waals surface area contributed by atoms with Crippen LogP contribution in [0.3, 0.4) is 0 Å². The number of halogens is 1. The average Bonchev–Trinajstić information content (AvgIpc) is 2.57. The lowest BCUT2D eigenvalue weighted by molar-refractivity contribution is 0.351. The predicted molar refractivity (Wildman–Crippen MR) is 106 cm³/mol. The normalized spacial score (nSPS) is 10.2. The van der Waals surface area contributed by atoms with Gasteiger partial charge < -0.3 is 20.1 Å². The predicted octanol–water partition coefficient (Wildman–Crippen LogP) is 4.30. The van der Waals surface area contributed by atoms with E-state index in [2.05, 4.69) is 26.6 Å². The van der Waals surface area contributed by atoms with Gasteiger partial charge in [-0.15, -0.1) is 0 Å². The first-order valence-corrected chi connectivity index (χ1v) is 8.76. The second kappa shape index (κ2) is 8.89. The zero-order valence-corrected chi connectivity index (χ0v) is 16.4. The van der Waals surface area contributed by atoms with Crippen LogP contribution in [0.15, 0.2) is 40.9 Å². The first kappa shape index (κ1) is 18.5. The maximum Gasteiger partial charge on any atom is 0.170 e. The lowest BCUT2D eigenvalue weighted by Crippen LogP contribution is -2.30. The summed E-state index contributed by atoms with van der Waals surface area (Å²) in [6, 6.07) is 11.9. The van der Waals surface area contributed by atoms with Gasteiger partial charge in [0, 0.05) is 16.7 Å². The van der Waals surface area contributed by atoms with E-state index in [4.69, 9.17) is 21.7 Å². The van der Waals surface area contributed by atoms with Crippen LogP contribution in [0.1, 0.15) is 11.1 Å². The second-order valence-corrected chi connectivity index (χ2v) is 6.51. The number of thiocarbonyl (C=S) groups is 1. The van der Waals surface area contributed by atoms with Crippen molar-refractivity contribution in [2.75, 3.05) is 26.1 Å². The molecule has 0 radical (unpaired) electrons. The van der Waals surface area contributed by atoms with Gasteiger partial charge in [-0.25, -0.2) is 0 Å². The summed E-state index contributed by atoms with van der Waals surface area (Å²) in [5.41, 5.74) is 3.20. The van der Waals surface area contributed by atoms with Crippen LogP contribution in [-0.4, -0.2) is 25.9 Å². The van der Waals surface area contributed by atoms with Gasteiger partial charge in [0.05, 0.1) is 14.2 Å². The van der Waals surface area contributed by atoms with Gasteiger partial charge in [0.25, 0.3) is 0 Å². The number of hydrogen-bond donors (Lipinski definition) is 2. The van der Waals surface area contributed by atoms with Crippen LogP contribution in [0.25, 0.3) is 0 Å². The highest BCUT2D eigenvalue weighted by Gasteiger charge is 2.09. The molecule has 2 aromatic rings. The highest BCUT2D eigenvalue weighted by Crippen LogP contribution is 2.30. The van der Waals surface area contributed by atoms with Crippen LogP contribution in [0, 0.1) is 6.92 Å². The monoisotopic (exact) mass is 408 g/mol. The smallest absolute Gasteiger partial charge is 0.170 e. The van der Waals surface area contributed by atoms with E-state index in [-0.39, 0.29) is 0 Å². The number of aryl methyl sites for hydroxylation is 1. The lowest BCUT2D eigenvalue weighted by atomic mass is 10.1. The molecule has 0 saturated heterocycles. The molecule has 128 valence electrons. The van der Waals surface area contributed by atoms with Crippen molar-refractivity contribution < 1.29 is 9.47 Å². The van der Waals surface area contributed by atoms with E-state index in [0.29, 0.717) is 11.7 Å². The molecule has 6 heteroatoms. The molecule has 24 heavy (non-hydrogen) atoms. The van der Waals surface area contributed by atoms with Crippen LogP contribution in [0.5, 0.6) is 11.5 Å². The topological polar surface area (TPSA) is 42.5 Å². The van der Waals surface area contributed by atoms with Crippen molar-refractivity contribution in [3.05, 3.63) is 52.0 Å². The molecule has 0 bridgehead atoms. The highest BCUT2D eigenvalue weighted by molar-refractivity contribution is 9.10. The Morgan fingerprint density at radius 3 is 2.62 bits per heavy atom. The third-order valence-electron chi connectivity index (χ3n) is 3.58. The standard InChI is InChI=1S/C18H21BrN2O2S/c1-12-11-14(7-8-15(12)19)21-18(24)20-10-9-13-5-4-6-16(22-2)17(13)23-3/h4-8,11H,9-10H2,1-3H3,(H2,20,21,24). The molecule has 4 nitrogen and oxygen atoms in total. The van der Waals surface area contributed by atoms with E-state index in [1.165, 1.54) is 0 Å². The van der Waals surface area contributed by atoms with Gasteiger partial charge >= 0.3 is 0 Å². The molecule has 0 aliphatic rings. The number of para-hydroxylation sites is 1. The number of benzene rings is 2. The van der Waals surface area contributed by atoms with E-state index >= 15 is 0 Å².